The Bertz CT molecular complexity index is 1240. The van der Waals surface area contributed by atoms with Crippen molar-refractivity contribution in [2.45, 2.75) is 60.3 Å². The summed E-state index contributed by atoms with van der Waals surface area (Å²) in [5, 5.41) is 17.0. The van der Waals surface area contributed by atoms with Crippen LogP contribution in [0.3, 0.4) is 0 Å². The van der Waals surface area contributed by atoms with E-state index in [9.17, 15) is 9.59 Å². The van der Waals surface area contributed by atoms with E-state index in [4.69, 9.17) is 26.0 Å². The van der Waals surface area contributed by atoms with Crippen LogP contribution in [-0.4, -0.2) is 37.3 Å². The van der Waals surface area contributed by atoms with Crippen LogP contribution in [0.2, 0.25) is 0 Å². The van der Waals surface area contributed by atoms with Crippen molar-refractivity contribution in [3.8, 4) is 11.5 Å². The maximum absolute atomic E-state index is 13.7. The van der Waals surface area contributed by atoms with E-state index in [0.717, 1.165) is 28.9 Å². The average Bonchev–Trinajstić information content (AvgIpc) is 2.89. The van der Waals surface area contributed by atoms with Crippen LogP contribution in [0, 0.1) is 29.6 Å². The molecular formula is C31H41N3O4. The first kappa shape index (κ1) is 30.5. The van der Waals surface area contributed by atoms with E-state index in [1.54, 1.807) is 19.2 Å². The zero-order valence-electron chi connectivity index (χ0n) is 23.7. The van der Waals surface area contributed by atoms with Crippen LogP contribution in [0.1, 0.15) is 74.0 Å². The Kier molecular flexibility index (Phi) is 11.0. The normalized spacial score (nSPS) is 12.5. The van der Waals surface area contributed by atoms with Crippen LogP contribution in [0.4, 0.5) is 0 Å². The summed E-state index contributed by atoms with van der Waals surface area (Å²) in [6, 6.07) is 10.5. The molecular weight excluding hydrogens is 478 g/mol. The summed E-state index contributed by atoms with van der Waals surface area (Å²) in [6.45, 7) is 10.0. The Balaban J connectivity index is 2.44. The number of Topliss-reactive ketones (excluding diaryl/α,β-unsaturated/α-hetero) is 1. The topological polar surface area (TPSA) is 126 Å². The number of rotatable bonds is 14. The van der Waals surface area contributed by atoms with E-state index in [1.807, 2.05) is 52.8 Å². The minimum absolute atomic E-state index is 0.114. The average molecular weight is 520 g/mol. The number of nitrogens with two attached hydrogens (primary N) is 1. The highest BCUT2D eigenvalue weighted by Crippen LogP contribution is 2.28. The van der Waals surface area contributed by atoms with Gasteiger partial charge in [0.05, 0.1) is 19.8 Å². The summed E-state index contributed by atoms with van der Waals surface area (Å²) in [7, 11) is 3.06. The molecule has 0 heterocycles. The number of hydrogen-bond donors (Lipinski definition) is 3. The molecule has 1 unspecified atom stereocenters. The molecule has 4 N–H and O–H groups in total. The summed E-state index contributed by atoms with van der Waals surface area (Å²) in [5.74, 6) is 0.256. The van der Waals surface area contributed by atoms with Gasteiger partial charge in [0.1, 0.15) is 17.2 Å². The predicted molar refractivity (Wildman–Crippen MR) is 153 cm³/mol. The van der Waals surface area contributed by atoms with E-state index in [2.05, 4.69) is 0 Å². The first-order chi connectivity index (χ1) is 17.9. The first-order valence-corrected chi connectivity index (χ1v) is 12.9. The molecule has 0 saturated heterocycles. The second-order valence-corrected chi connectivity index (χ2v) is 10.1. The lowest BCUT2D eigenvalue weighted by Crippen LogP contribution is -2.21. The van der Waals surface area contributed by atoms with E-state index < -0.39 is 5.91 Å². The SMILES string of the molecule is COc1ccc(C)cc1C/C(C)=C(\CCCC(C)C(=N)C(C)C)C(=O)C(=N)c1ccc(OC)c(C(N)=O)c1. The predicted octanol–water partition coefficient (Wildman–Crippen LogP) is 6.09. The van der Waals surface area contributed by atoms with E-state index in [-0.39, 0.29) is 28.9 Å². The molecule has 0 aliphatic heterocycles. The largest absolute Gasteiger partial charge is 0.496 e. The van der Waals surface area contributed by atoms with Crippen molar-refractivity contribution in [1.82, 2.24) is 0 Å². The van der Waals surface area contributed by atoms with Crippen molar-refractivity contribution in [3.63, 3.8) is 0 Å². The number of ketones is 1. The zero-order chi connectivity index (χ0) is 28.6. The van der Waals surface area contributed by atoms with Crippen molar-refractivity contribution in [2.75, 3.05) is 14.2 Å². The van der Waals surface area contributed by atoms with Gasteiger partial charge in [0, 0.05) is 16.8 Å². The van der Waals surface area contributed by atoms with Gasteiger partial charge >= 0.3 is 0 Å². The fourth-order valence-corrected chi connectivity index (χ4v) is 4.61. The van der Waals surface area contributed by atoms with Gasteiger partial charge in [-0.05, 0) is 81.2 Å². The third-order valence-corrected chi connectivity index (χ3v) is 6.88. The molecule has 0 radical (unpaired) electrons. The number of allylic oxidation sites excluding steroid dienone is 2. The molecule has 0 spiro atoms. The Morgan fingerprint density at radius 1 is 0.974 bits per heavy atom. The number of benzene rings is 2. The van der Waals surface area contributed by atoms with Gasteiger partial charge in [-0.25, -0.2) is 0 Å². The molecule has 0 saturated carbocycles. The third kappa shape index (κ3) is 7.63. The lowest BCUT2D eigenvalue weighted by molar-refractivity contribution is -0.110. The minimum atomic E-state index is -0.691. The quantitative estimate of drug-likeness (QED) is 0.206. The molecule has 0 aliphatic carbocycles. The Hall–Kier alpha value is -3.74. The Morgan fingerprint density at radius 3 is 2.18 bits per heavy atom. The Labute approximate surface area is 226 Å². The maximum Gasteiger partial charge on any atom is 0.252 e. The third-order valence-electron chi connectivity index (χ3n) is 6.88. The standard InChI is InChI=1S/C31H41N3O4/c1-18(2)28(32)20(4)9-8-10-24(21(5)16-23-15-19(3)11-13-26(23)37-6)30(35)29(33)22-12-14-27(38-7)25(17-22)31(34)36/h11-15,17-18,20,32-33H,8-10,16H2,1-7H3,(H2,34,36)/b24-21+,32-28?,33-29?. The van der Waals surface area contributed by atoms with Crippen LogP contribution in [-0.2, 0) is 11.2 Å². The van der Waals surface area contributed by atoms with Gasteiger partial charge < -0.3 is 20.6 Å². The second-order valence-electron chi connectivity index (χ2n) is 10.1. The fraction of sp³-hybridized carbons (Fsp3) is 0.419. The molecule has 38 heavy (non-hydrogen) atoms. The van der Waals surface area contributed by atoms with Crippen molar-refractivity contribution >= 4 is 23.1 Å². The first-order valence-electron chi connectivity index (χ1n) is 12.9. The molecule has 0 bridgehead atoms. The van der Waals surface area contributed by atoms with E-state index in [1.165, 1.54) is 13.2 Å². The molecule has 0 aliphatic rings. The molecule has 1 amide bonds. The number of methoxy groups -OCH3 is 2. The monoisotopic (exact) mass is 519 g/mol. The van der Waals surface area contributed by atoms with Crippen molar-refractivity contribution in [3.05, 3.63) is 69.8 Å². The number of nitrogens with one attached hydrogen (secondary N) is 2. The van der Waals surface area contributed by atoms with Gasteiger partial charge in [0.15, 0.2) is 0 Å². The summed E-state index contributed by atoms with van der Waals surface area (Å²) in [4.78, 5) is 25.7. The molecule has 204 valence electrons. The van der Waals surface area contributed by atoms with Gasteiger partial charge in [-0.2, -0.15) is 0 Å². The number of primary amides is 1. The molecule has 2 aromatic rings. The molecule has 0 fully saturated rings. The smallest absolute Gasteiger partial charge is 0.252 e. The van der Waals surface area contributed by atoms with Gasteiger partial charge in [-0.1, -0.05) is 44.0 Å². The number of ether oxygens (including phenoxy) is 2. The molecule has 2 aromatic carbocycles. The summed E-state index contributed by atoms with van der Waals surface area (Å²) < 4.78 is 10.8. The highest BCUT2D eigenvalue weighted by molar-refractivity contribution is 6.50. The van der Waals surface area contributed by atoms with Crippen molar-refractivity contribution < 1.29 is 19.1 Å². The lowest BCUT2D eigenvalue weighted by atomic mass is 9.87. The number of aryl methyl sites for hydroxylation is 1. The van der Waals surface area contributed by atoms with Gasteiger partial charge in [-0.15, -0.1) is 0 Å². The number of amides is 1. The van der Waals surface area contributed by atoms with Gasteiger partial charge in [-0.3, -0.25) is 15.0 Å². The van der Waals surface area contributed by atoms with Crippen LogP contribution in [0.25, 0.3) is 0 Å². The lowest BCUT2D eigenvalue weighted by Gasteiger charge is -2.18. The summed E-state index contributed by atoms with van der Waals surface area (Å²) in [6.07, 6.45) is 2.47. The molecule has 7 heteroatoms. The highest BCUT2D eigenvalue weighted by atomic mass is 16.5. The van der Waals surface area contributed by atoms with Gasteiger partial charge in [0.2, 0.25) is 5.78 Å². The van der Waals surface area contributed by atoms with Crippen LogP contribution in [0.15, 0.2) is 47.5 Å². The molecule has 0 aromatic heterocycles. The maximum atomic E-state index is 13.7. The molecule has 2 rings (SSSR count). The minimum Gasteiger partial charge on any atom is -0.496 e. The second kappa shape index (κ2) is 13.7. The Morgan fingerprint density at radius 2 is 1.61 bits per heavy atom. The summed E-state index contributed by atoms with van der Waals surface area (Å²) >= 11 is 0. The fourth-order valence-electron chi connectivity index (χ4n) is 4.61. The van der Waals surface area contributed by atoms with E-state index in [0.29, 0.717) is 41.9 Å². The number of carbonyl (C=O) groups is 2. The zero-order valence-corrected chi connectivity index (χ0v) is 23.7. The number of carbonyl (C=O) groups excluding carboxylic acids is 2. The molecule has 1 atom stereocenters. The molecule has 7 nitrogen and oxygen atoms in total. The van der Waals surface area contributed by atoms with E-state index >= 15 is 0 Å². The summed E-state index contributed by atoms with van der Waals surface area (Å²) in [5.41, 5.74) is 9.90. The van der Waals surface area contributed by atoms with Crippen LogP contribution < -0.4 is 15.2 Å². The van der Waals surface area contributed by atoms with Crippen molar-refractivity contribution in [2.24, 2.45) is 17.6 Å². The van der Waals surface area contributed by atoms with Crippen LogP contribution >= 0.6 is 0 Å². The van der Waals surface area contributed by atoms with Gasteiger partial charge in [0.25, 0.3) is 5.91 Å². The van der Waals surface area contributed by atoms with Crippen LogP contribution in [0.5, 0.6) is 11.5 Å². The number of hydrogen-bond acceptors (Lipinski definition) is 6. The highest BCUT2D eigenvalue weighted by Gasteiger charge is 2.23. The van der Waals surface area contributed by atoms with Crippen molar-refractivity contribution in [1.29, 1.82) is 10.8 Å².